The first kappa shape index (κ1) is 10.6. The number of aryl methyl sites for hydroxylation is 1. The van der Waals surface area contributed by atoms with Gasteiger partial charge in [0.1, 0.15) is 9.61 Å². The van der Waals surface area contributed by atoms with E-state index in [1.165, 1.54) is 0 Å². The number of hydrogen-bond donors (Lipinski definition) is 1. The van der Waals surface area contributed by atoms with Crippen molar-refractivity contribution < 1.29 is 0 Å². The van der Waals surface area contributed by atoms with E-state index in [1.54, 1.807) is 11.3 Å². The predicted molar refractivity (Wildman–Crippen MR) is 66.1 cm³/mol. The van der Waals surface area contributed by atoms with E-state index in [1.807, 2.05) is 30.6 Å². The number of aromatic nitrogens is 2. The van der Waals surface area contributed by atoms with Crippen molar-refractivity contribution >= 4 is 33.0 Å². The van der Waals surface area contributed by atoms with Gasteiger partial charge in [-0.2, -0.15) is 0 Å². The van der Waals surface area contributed by atoms with E-state index in [2.05, 4.69) is 31.2 Å². The molecule has 0 aliphatic heterocycles. The minimum absolute atomic E-state index is 0.752. The summed E-state index contributed by atoms with van der Waals surface area (Å²) < 4.78 is 0.861. The van der Waals surface area contributed by atoms with E-state index in [0.29, 0.717) is 0 Å². The van der Waals surface area contributed by atoms with Crippen molar-refractivity contribution in [2.24, 2.45) is 0 Å². The molecule has 2 aromatic rings. The molecule has 3 nitrogen and oxygen atoms in total. The Morgan fingerprint density at radius 3 is 3.00 bits per heavy atom. The third kappa shape index (κ3) is 2.76. The molecule has 5 heteroatoms. The van der Waals surface area contributed by atoms with Crippen LogP contribution in [-0.4, -0.2) is 9.97 Å². The Morgan fingerprint density at radius 2 is 2.33 bits per heavy atom. The van der Waals surface area contributed by atoms with Crippen LogP contribution >= 0.6 is 27.3 Å². The van der Waals surface area contributed by atoms with Gasteiger partial charge >= 0.3 is 0 Å². The van der Waals surface area contributed by atoms with E-state index in [-0.39, 0.29) is 0 Å². The monoisotopic (exact) mass is 283 g/mol. The van der Waals surface area contributed by atoms with Gasteiger partial charge in [0, 0.05) is 11.6 Å². The van der Waals surface area contributed by atoms with Crippen LogP contribution < -0.4 is 5.32 Å². The van der Waals surface area contributed by atoms with Crippen molar-refractivity contribution in [3.8, 4) is 0 Å². The Kier molecular flexibility index (Phi) is 3.33. The highest BCUT2D eigenvalue weighted by Crippen LogP contribution is 2.17. The van der Waals surface area contributed by atoms with Gasteiger partial charge < -0.3 is 5.32 Å². The summed E-state index contributed by atoms with van der Waals surface area (Å²) in [4.78, 5) is 8.52. The molecular formula is C10H10BrN3S. The lowest BCUT2D eigenvalue weighted by Crippen LogP contribution is -2.01. The zero-order valence-corrected chi connectivity index (χ0v) is 10.6. The summed E-state index contributed by atoms with van der Waals surface area (Å²) in [7, 11) is 0. The number of anilines is 1. The van der Waals surface area contributed by atoms with Gasteiger partial charge in [-0.1, -0.05) is 0 Å². The maximum Gasteiger partial charge on any atom is 0.112 e. The van der Waals surface area contributed by atoms with Crippen LogP contribution in [0.4, 0.5) is 5.69 Å². The van der Waals surface area contributed by atoms with Crippen molar-refractivity contribution in [2.75, 3.05) is 5.32 Å². The van der Waals surface area contributed by atoms with Crippen molar-refractivity contribution in [1.82, 2.24) is 9.97 Å². The Labute approximate surface area is 101 Å². The van der Waals surface area contributed by atoms with Gasteiger partial charge in [-0.05, 0) is 35.0 Å². The van der Waals surface area contributed by atoms with Crippen molar-refractivity contribution in [3.05, 3.63) is 39.0 Å². The number of hydrogen-bond acceptors (Lipinski definition) is 4. The second-order valence-corrected chi connectivity index (χ2v) is 4.84. The number of nitrogens with one attached hydrogen (secondary N) is 1. The molecule has 0 aliphatic rings. The zero-order valence-electron chi connectivity index (χ0n) is 8.20. The molecule has 2 rings (SSSR count). The van der Waals surface area contributed by atoms with E-state index >= 15 is 0 Å². The highest BCUT2D eigenvalue weighted by atomic mass is 79.9. The van der Waals surface area contributed by atoms with Crippen molar-refractivity contribution in [2.45, 2.75) is 13.5 Å². The second kappa shape index (κ2) is 4.72. The molecule has 15 heavy (non-hydrogen) atoms. The Morgan fingerprint density at radius 1 is 1.47 bits per heavy atom. The summed E-state index contributed by atoms with van der Waals surface area (Å²) in [6.07, 6.45) is 1.81. The van der Waals surface area contributed by atoms with Crippen molar-refractivity contribution in [3.63, 3.8) is 0 Å². The second-order valence-electron chi connectivity index (χ2n) is 3.05. The molecule has 0 bridgehead atoms. The molecule has 0 unspecified atom stereocenters. The summed E-state index contributed by atoms with van der Waals surface area (Å²) in [6, 6.07) is 3.94. The molecule has 0 saturated carbocycles. The SMILES string of the molecule is Cc1nc(Br)ccc1NCc1nccs1. The lowest BCUT2D eigenvalue weighted by Gasteiger charge is -2.07. The molecule has 0 radical (unpaired) electrons. The molecule has 0 aromatic carbocycles. The van der Waals surface area contributed by atoms with E-state index in [0.717, 1.165) is 27.5 Å². The lowest BCUT2D eigenvalue weighted by molar-refractivity contribution is 1.07. The highest BCUT2D eigenvalue weighted by Gasteiger charge is 2.00. The first-order chi connectivity index (χ1) is 7.25. The Balaban J connectivity index is 2.05. The first-order valence-electron chi connectivity index (χ1n) is 4.51. The quantitative estimate of drug-likeness (QED) is 0.879. The topological polar surface area (TPSA) is 37.8 Å². The van der Waals surface area contributed by atoms with Crippen LogP contribution in [0.1, 0.15) is 10.7 Å². The molecule has 0 fully saturated rings. The average Bonchev–Trinajstić information content (AvgIpc) is 2.69. The molecule has 2 aromatic heterocycles. The van der Waals surface area contributed by atoms with Crippen LogP contribution in [0.15, 0.2) is 28.3 Å². The van der Waals surface area contributed by atoms with Gasteiger partial charge in [-0.3, -0.25) is 0 Å². The summed E-state index contributed by atoms with van der Waals surface area (Å²) in [5.41, 5.74) is 2.04. The normalized spacial score (nSPS) is 10.3. The van der Waals surface area contributed by atoms with Crippen LogP contribution in [0.5, 0.6) is 0 Å². The van der Waals surface area contributed by atoms with E-state index in [9.17, 15) is 0 Å². The summed E-state index contributed by atoms with van der Waals surface area (Å²) in [6.45, 7) is 2.73. The van der Waals surface area contributed by atoms with Gasteiger partial charge in [-0.15, -0.1) is 11.3 Å². The van der Waals surface area contributed by atoms with Gasteiger partial charge in [0.15, 0.2) is 0 Å². The minimum atomic E-state index is 0.752. The third-order valence-corrected chi connectivity index (χ3v) is 3.19. The molecule has 0 amide bonds. The maximum absolute atomic E-state index is 4.31. The molecule has 0 aliphatic carbocycles. The average molecular weight is 284 g/mol. The zero-order chi connectivity index (χ0) is 10.7. The Bertz CT molecular complexity index is 442. The maximum atomic E-state index is 4.31. The van der Waals surface area contributed by atoms with Gasteiger partial charge in [0.05, 0.1) is 17.9 Å². The van der Waals surface area contributed by atoms with Gasteiger partial charge in [0.2, 0.25) is 0 Å². The fourth-order valence-electron chi connectivity index (χ4n) is 1.23. The van der Waals surface area contributed by atoms with Crippen molar-refractivity contribution in [1.29, 1.82) is 0 Å². The molecule has 0 spiro atoms. The number of nitrogens with zero attached hydrogens (tertiary/aromatic N) is 2. The predicted octanol–water partition coefficient (Wildman–Crippen LogP) is 3.22. The fraction of sp³-hybridized carbons (Fsp3) is 0.200. The molecular weight excluding hydrogens is 274 g/mol. The van der Waals surface area contributed by atoms with Crippen LogP contribution in [0.25, 0.3) is 0 Å². The summed E-state index contributed by atoms with van der Waals surface area (Å²) in [5, 5.41) is 6.36. The largest absolute Gasteiger partial charge is 0.377 e. The smallest absolute Gasteiger partial charge is 0.112 e. The lowest BCUT2D eigenvalue weighted by atomic mass is 10.3. The van der Waals surface area contributed by atoms with Crippen LogP contribution in [0.3, 0.4) is 0 Å². The highest BCUT2D eigenvalue weighted by molar-refractivity contribution is 9.10. The third-order valence-electron chi connectivity index (χ3n) is 1.97. The molecule has 0 saturated heterocycles. The van der Waals surface area contributed by atoms with E-state index in [4.69, 9.17) is 0 Å². The van der Waals surface area contributed by atoms with Gasteiger partial charge in [0.25, 0.3) is 0 Å². The molecule has 1 N–H and O–H groups in total. The standard InChI is InChI=1S/C10H10BrN3S/c1-7-8(2-3-9(11)14-7)13-6-10-12-4-5-15-10/h2-5,13H,6H2,1H3. The summed E-state index contributed by atoms with van der Waals surface area (Å²) in [5.74, 6) is 0. The number of rotatable bonds is 3. The van der Waals surface area contributed by atoms with Gasteiger partial charge in [-0.25, -0.2) is 9.97 Å². The summed E-state index contributed by atoms with van der Waals surface area (Å²) >= 11 is 4.98. The Hall–Kier alpha value is -0.940. The first-order valence-corrected chi connectivity index (χ1v) is 6.18. The van der Waals surface area contributed by atoms with Crippen LogP contribution in [-0.2, 0) is 6.54 Å². The van der Waals surface area contributed by atoms with Crippen LogP contribution in [0, 0.1) is 6.92 Å². The van der Waals surface area contributed by atoms with Crippen LogP contribution in [0.2, 0.25) is 0 Å². The molecule has 0 atom stereocenters. The number of thiazole rings is 1. The van der Waals surface area contributed by atoms with E-state index < -0.39 is 0 Å². The minimum Gasteiger partial charge on any atom is -0.377 e. The number of halogens is 1. The molecule has 2 heterocycles. The fourth-order valence-corrected chi connectivity index (χ4v) is 2.18. The number of pyridine rings is 1. The molecule has 78 valence electrons.